The SMILES string of the molecule is O=C(O)c1cc(NS(=O)(=O)Cl)ccc1O. The molecule has 1 aromatic carbocycles. The fourth-order valence-electron chi connectivity index (χ4n) is 0.912. The Bertz CT molecular complexity index is 498. The number of aromatic carboxylic acids is 1. The van der Waals surface area contributed by atoms with E-state index in [1.54, 1.807) is 0 Å². The van der Waals surface area contributed by atoms with E-state index in [1.165, 1.54) is 6.07 Å². The first-order valence-corrected chi connectivity index (χ1v) is 5.89. The number of benzene rings is 1. The van der Waals surface area contributed by atoms with Gasteiger partial charge < -0.3 is 10.2 Å². The lowest BCUT2D eigenvalue weighted by Crippen LogP contribution is -2.05. The number of hydrogen-bond acceptors (Lipinski definition) is 4. The van der Waals surface area contributed by atoms with Crippen molar-refractivity contribution >= 4 is 31.6 Å². The van der Waals surface area contributed by atoms with Crippen molar-refractivity contribution in [2.24, 2.45) is 0 Å². The van der Waals surface area contributed by atoms with Crippen molar-refractivity contribution in [2.75, 3.05) is 4.72 Å². The van der Waals surface area contributed by atoms with Crippen LogP contribution in [0.1, 0.15) is 10.4 Å². The smallest absolute Gasteiger partial charge is 0.339 e. The fourth-order valence-corrected chi connectivity index (χ4v) is 1.59. The fraction of sp³-hybridized carbons (Fsp3) is 0. The van der Waals surface area contributed by atoms with Crippen LogP contribution in [0.25, 0.3) is 0 Å². The summed E-state index contributed by atoms with van der Waals surface area (Å²) in [4.78, 5) is 10.6. The van der Waals surface area contributed by atoms with E-state index in [1.807, 2.05) is 4.72 Å². The molecule has 8 heteroatoms. The zero-order chi connectivity index (χ0) is 11.6. The van der Waals surface area contributed by atoms with Gasteiger partial charge in [0.2, 0.25) is 0 Å². The van der Waals surface area contributed by atoms with Crippen LogP contribution in [0, 0.1) is 0 Å². The van der Waals surface area contributed by atoms with Gasteiger partial charge in [-0.2, -0.15) is 8.42 Å². The maximum atomic E-state index is 10.6. The summed E-state index contributed by atoms with van der Waals surface area (Å²) in [6, 6.07) is 3.19. The molecule has 0 aliphatic heterocycles. The number of carboxylic acids is 1. The number of anilines is 1. The topological polar surface area (TPSA) is 104 Å². The van der Waals surface area contributed by atoms with Gasteiger partial charge in [0, 0.05) is 10.7 Å². The maximum Gasteiger partial charge on any atom is 0.339 e. The molecule has 0 saturated carbocycles. The predicted octanol–water partition coefficient (Wildman–Crippen LogP) is 0.986. The zero-order valence-corrected chi connectivity index (χ0v) is 8.71. The van der Waals surface area contributed by atoms with E-state index in [-0.39, 0.29) is 5.69 Å². The molecule has 0 bridgehead atoms. The third-order valence-electron chi connectivity index (χ3n) is 1.47. The second kappa shape index (κ2) is 3.95. The lowest BCUT2D eigenvalue weighted by atomic mass is 10.2. The van der Waals surface area contributed by atoms with E-state index < -0.39 is 26.5 Å². The minimum Gasteiger partial charge on any atom is -0.507 e. The van der Waals surface area contributed by atoms with Crippen LogP contribution in [0.2, 0.25) is 0 Å². The van der Waals surface area contributed by atoms with Gasteiger partial charge in [-0.05, 0) is 18.2 Å². The Kier molecular flexibility index (Phi) is 3.06. The molecule has 15 heavy (non-hydrogen) atoms. The highest BCUT2D eigenvalue weighted by molar-refractivity contribution is 8.14. The van der Waals surface area contributed by atoms with Crippen molar-refractivity contribution in [3.8, 4) is 5.75 Å². The number of phenols is 1. The Labute approximate surface area is 89.7 Å². The van der Waals surface area contributed by atoms with Crippen LogP contribution in [-0.4, -0.2) is 24.6 Å². The largest absolute Gasteiger partial charge is 0.507 e. The molecule has 0 unspecified atom stereocenters. The number of hydrogen-bond donors (Lipinski definition) is 3. The van der Waals surface area contributed by atoms with Crippen molar-refractivity contribution in [3.05, 3.63) is 23.8 Å². The summed E-state index contributed by atoms with van der Waals surface area (Å²) in [6.07, 6.45) is 0. The zero-order valence-electron chi connectivity index (χ0n) is 7.14. The molecule has 0 aliphatic rings. The van der Waals surface area contributed by atoms with Crippen LogP contribution in [0.3, 0.4) is 0 Å². The molecule has 0 saturated heterocycles. The molecular formula is C7H6ClNO5S. The first-order chi connectivity index (χ1) is 6.79. The Balaban J connectivity index is 3.14. The van der Waals surface area contributed by atoms with Crippen molar-refractivity contribution in [2.45, 2.75) is 0 Å². The number of halogens is 1. The molecule has 0 fully saturated rings. The molecule has 3 N–H and O–H groups in total. The molecule has 0 radical (unpaired) electrons. The summed E-state index contributed by atoms with van der Waals surface area (Å²) in [7, 11) is 0.906. The van der Waals surface area contributed by atoms with Crippen LogP contribution < -0.4 is 4.72 Å². The van der Waals surface area contributed by atoms with Crippen molar-refractivity contribution in [1.29, 1.82) is 0 Å². The Morgan fingerprint density at radius 3 is 2.47 bits per heavy atom. The van der Waals surface area contributed by atoms with Gasteiger partial charge in [0.15, 0.2) is 0 Å². The summed E-state index contributed by atoms with van der Waals surface area (Å²) in [6.45, 7) is 0. The molecular weight excluding hydrogens is 246 g/mol. The standard InChI is InChI=1S/C7H6ClNO5S/c8-15(13,14)9-4-1-2-6(10)5(3-4)7(11)12/h1-3,9-10H,(H,11,12). The summed E-state index contributed by atoms with van der Waals surface area (Å²) in [5, 5.41) is 17.7. The normalized spacial score (nSPS) is 11.0. The quantitative estimate of drug-likeness (QED) is 0.549. The van der Waals surface area contributed by atoms with Gasteiger partial charge in [-0.25, -0.2) is 4.79 Å². The van der Waals surface area contributed by atoms with E-state index >= 15 is 0 Å². The van der Waals surface area contributed by atoms with Crippen molar-refractivity contribution in [3.63, 3.8) is 0 Å². The second-order valence-corrected chi connectivity index (χ2v) is 4.88. The third-order valence-corrected chi connectivity index (χ3v) is 2.18. The lowest BCUT2D eigenvalue weighted by molar-refractivity contribution is 0.0694. The highest BCUT2D eigenvalue weighted by Crippen LogP contribution is 2.22. The Morgan fingerprint density at radius 2 is 2.00 bits per heavy atom. The van der Waals surface area contributed by atoms with Crippen LogP contribution in [0.5, 0.6) is 5.75 Å². The number of aromatic hydroxyl groups is 1. The average Bonchev–Trinajstić information content (AvgIpc) is 2.05. The van der Waals surface area contributed by atoms with E-state index in [4.69, 9.17) is 20.9 Å². The van der Waals surface area contributed by atoms with Gasteiger partial charge in [0.1, 0.15) is 11.3 Å². The average molecular weight is 252 g/mol. The van der Waals surface area contributed by atoms with Crippen molar-refractivity contribution in [1.82, 2.24) is 0 Å². The van der Waals surface area contributed by atoms with Crippen LogP contribution in [-0.2, 0) is 9.24 Å². The van der Waals surface area contributed by atoms with E-state index in [0.717, 1.165) is 12.1 Å². The second-order valence-electron chi connectivity index (χ2n) is 2.58. The molecule has 82 valence electrons. The third kappa shape index (κ3) is 3.30. The van der Waals surface area contributed by atoms with Gasteiger partial charge in [-0.3, -0.25) is 4.72 Å². The molecule has 6 nitrogen and oxygen atoms in total. The lowest BCUT2D eigenvalue weighted by Gasteiger charge is -2.04. The molecule has 0 atom stereocenters. The molecule has 0 aliphatic carbocycles. The van der Waals surface area contributed by atoms with Gasteiger partial charge in [-0.1, -0.05) is 0 Å². The summed E-state index contributed by atoms with van der Waals surface area (Å²) < 4.78 is 23.1. The van der Waals surface area contributed by atoms with Crippen LogP contribution in [0.15, 0.2) is 18.2 Å². The number of carbonyl (C=O) groups is 1. The van der Waals surface area contributed by atoms with Gasteiger partial charge in [-0.15, -0.1) is 0 Å². The number of carboxylic acid groups (broad SMARTS) is 1. The minimum absolute atomic E-state index is 0.0415. The Hall–Kier alpha value is -1.47. The molecule has 0 aromatic heterocycles. The summed E-state index contributed by atoms with van der Waals surface area (Å²) >= 11 is 0. The number of rotatable bonds is 3. The summed E-state index contributed by atoms with van der Waals surface area (Å²) in [5.41, 5.74) is -0.458. The van der Waals surface area contributed by atoms with Crippen LogP contribution >= 0.6 is 10.7 Å². The summed E-state index contributed by atoms with van der Waals surface area (Å²) in [5.74, 6) is -1.83. The number of nitrogens with one attached hydrogen (secondary N) is 1. The first kappa shape index (κ1) is 11.6. The van der Waals surface area contributed by atoms with Crippen molar-refractivity contribution < 1.29 is 23.4 Å². The van der Waals surface area contributed by atoms with E-state index in [9.17, 15) is 13.2 Å². The van der Waals surface area contributed by atoms with Gasteiger partial charge in [0.25, 0.3) is 0 Å². The monoisotopic (exact) mass is 251 g/mol. The molecule has 1 rings (SSSR count). The first-order valence-electron chi connectivity index (χ1n) is 3.58. The highest BCUT2D eigenvalue weighted by atomic mass is 35.7. The molecule has 0 spiro atoms. The Morgan fingerprint density at radius 1 is 1.40 bits per heavy atom. The predicted molar refractivity (Wildman–Crippen MR) is 53.5 cm³/mol. The highest BCUT2D eigenvalue weighted by Gasteiger charge is 2.12. The van der Waals surface area contributed by atoms with Gasteiger partial charge >= 0.3 is 15.2 Å². The van der Waals surface area contributed by atoms with Gasteiger partial charge in [0.05, 0.1) is 5.69 Å². The molecule has 1 aromatic rings. The van der Waals surface area contributed by atoms with Crippen LogP contribution in [0.4, 0.5) is 5.69 Å². The van der Waals surface area contributed by atoms with E-state index in [2.05, 4.69) is 0 Å². The molecule has 0 amide bonds. The maximum absolute atomic E-state index is 10.6. The minimum atomic E-state index is -3.98. The van der Waals surface area contributed by atoms with E-state index in [0.29, 0.717) is 0 Å². The molecule has 0 heterocycles.